The summed E-state index contributed by atoms with van der Waals surface area (Å²) >= 11 is 5.94. The zero-order chi connectivity index (χ0) is 13.4. The van der Waals surface area contributed by atoms with Crippen molar-refractivity contribution in [3.63, 3.8) is 0 Å². The molecule has 6 heteroatoms. The molecule has 0 bridgehead atoms. The minimum Gasteiger partial charge on any atom is -0.478 e. The van der Waals surface area contributed by atoms with Crippen molar-refractivity contribution in [1.29, 1.82) is 0 Å². The molecule has 0 unspecified atom stereocenters. The minimum atomic E-state index is -0.988. The number of anilines is 1. The molecule has 0 aliphatic carbocycles. The van der Waals surface area contributed by atoms with E-state index in [1.807, 2.05) is 0 Å². The Morgan fingerprint density at radius 3 is 2.61 bits per heavy atom. The lowest BCUT2D eigenvalue weighted by Gasteiger charge is -2.06. The van der Waals surface area contributed by atoms with Crippen LogP contribution in [0.15, 0.2) is 18.2 Å². The molecule has 18 heavy (non-hydrogen) atoms. The molecule has 0 spiro atoms. The number of nitrogen functional groups attached to an aromatic ring is 1. The topological polar surface area (TPSA) is 81.1 Å². The van der Waals surface area contributed by atoms with Crippen LogP contribution in [0.5, 0.6) is 0 Å². The molecule has 1 aromatic heterocycles. The minimum absolute atomic E-state index is 0.211. The summed E-state index contributed by atoms with van der Waals surface area (Å²) in [4.78, 5) is 11.1. The van der Waals surface area contributed by atoms with Crippen molar-refractivity contribution in [3.8, 4) is 5.69 Å². The first-order chi connectivity index (χ1) is 8.41. The fourth-order valence-corrected chi connectivity index (χ4v) is 2.03. The summed E-state index contributed by atoms with van der Waals surface area (Å²) in [6, 6.07) is 5.06. The molecule has 0 aliphatic heterocycles. The Hall–Kier alpha value is -2.01. The van der Waals surface area contributed by atoms with E-state index in [1.165, 1.54) is 0 Å². The molecular weight excluding hydrogens is 254 g/mol. The van der Waals surface area contributed by atoms with Gasteiger partial charge in [0.15, 0.2) is 0 Å². The van der Waals surface area contributed by atoms with Gasteiger partial charge in [-0.15, -0.1) is 0 Å². The highest BCUT2D eigenvalue weighted by molar-refractivity contribution is 6.33. The average molecular weight is 266 g/mol. The van der Waals surface area contributed by atoms with Gasteiger partial charge in [-0.2, -0.15) is 5.10 Å². The molecular formula is C12H12ClN3O2. The molecule has 0 amide bonds. The predicted molar refractivity (Wildman–Crippen MR) is 69.4 cm³/mol. The summed E-state index contributed by atoms with van der Waals surface area (Å²) in [5.41, 5.74) is 8.02. The van der Waals surface area contributed by atoms with Gasteiger partial charge in [-0.1, -0.05) is 11.6 Å². The van der Waals surface area contributed by atoms with Crippen molar-refractivity contribution in [2.24, 2.45) is 0 Å². The second kappa shape index (κ2) is 4.34. The average Bonchev–Trinajstić information content (AvgIpc) is 2.58. The second-order valence-corrected chi connectivity index (χ2v) is 4.38. The van der Waals surface area contributed by atoms with Crippen LogP contribution in [0.25, 0.3) is 5.69 Å². The quantitative estimate of drug-likeness (QED) is 0.817. The van der Waals surface area contributed by atoms with E-state index in [9.17, 15) is 4.79 Å². The van der Waals surface area contributed by atoms with Crippen LogP contribution in [0.4, 0.5) is 5.69 Å². The maximum absolute atomic E-state index is 11.1. The van der Waals surface area contributed by atoms with Gasteiger partial charge in [-0.3, -0.25) is 0 Å². The molecule has 0 saturated heterocycles. The lowest BCUT2D eigenvalue weighted by Crippen LogP contribution is -2.03. The summed E-state index contributed by atoms with van der Waals surface area (Å²) in [6.45, 7) is 3.36. The molecule has 94 valence electrons. The van der Waals surface area contributed by atoms with Crippen LogP contribution < -0.4 is 5.73 Å². The van der Waals surface area contributed by atoms with Crippen molar-refractivity contribution < 1.29 is 9.90 Å². The number of nitrogens with zero attached hydrogens (tertiary/aromatic N) is 2. The summed E-state index contributed by atoms with van der Waals surface area (Å²) in [7, 11) is 0. The molecule has 1 aromatic carbocycles. The fraction of sp³-hybridized carbons (Fsp3) is 0.167. The maximum atomic E-state index is 11.1. The SMILES string of the molecule is Cc1nn(-c2ccc(N)c(Cl)c2)c(C)c1C(=O)O. The number of aromatic carboxylic acids is 1. The number of carbonyl (C=O) groups is 1. The van der Waals surface area contributed by atoms with Gasteiger partial charge in [-0.05, 0) is 32.0 Å². The Balaban J connectivity index is 2.61. The maximum Gasteiger partial charge on any atom is 0.339 e. The summed E-state index contributed by atoms with van der Waals surface area (Å²) in [5.74, 6) is -0.988. The number of aryl methyl sites for hydroxylation is 1. The molecule has 0 radical (unpaired) electrons. The number of halogens is 1. The Bertz CT molecular complexity index is 634. The summed E-state index contributed by atoms with van der Waals surface area (Å²) < 4.78 is 1.55. The van der Waals surface area contributed by atoms with Crippen LogP contribution in [0, 0.1) is 13.8 Å². The van der Waals surface area contributed by atoms with Gasteiger partial charge in [0.25, 0.3) is 0 Å². The second-order valence-electron chi connectivity index (χ2n) is 3.97. The third-order valence-corrected chi connectivity index (χ3v) is 3.06. The third-order valence-electron chi connectivity index (χ3n) is 2.73. The van der Waals surface area contributed by atoms with E-state index in [0.29, 0.717) is 27.8 Å². The van der Waals surface area contributed by atoms with Crippen molar-refractivity contribution in [1.82, 2.24) is 9.78 Å². The lowest BCUT2D eigenvalue weighted by molar-refractivity contribution is 0.0695. The third kappa shape index (κ3) is 1.93. The van der Waals surface area contributed by atoms with E-state index < -0.39 is 5.97 Å². The van der Waals surface area contributed by atoms with Crippen molar-refractivity contribution in [2.75, 3.05) is 5.73 Å². The van der Waals surface area contributed by atoms with E-state index in [-0.39, 0.29) is 5.56 Å². The number of hydrogen-bond acceptors (Lipinski definition) is 3. The number of carboxylic acid groups (broad SMARTS) is 1. The number of benzene rings is 1. The molecule has 3 N–H and O–H groups in total. The van der Waals surface area contributed by atoms with E-state index in [1.54, 1.807) is 36.7 Å². The van der Waals surface area contributed by atoms with Crippen molar-refractivity contribution in [3.05, 3.63) is 40.2 Å². The van der Waals surface area contributed by atoms with Crippen LogP contribution in [0.3, 0.4) is 0 Å². The molecule has 1 heterocycles. The first-order valence-electron chi connectivity index (χ1n) is 5.26. The number of nitrogens with two attached hydrogens (primary N) is 1. The van der Waals surface area contributed by atoms with E-state index >= 15 is 0 Å². The van der Waals surface area contributed by atoms with Gasteiger partial charge >= 0.3 is 5.97 Å². The van der Waals surface area contributed by atoms with Crippen LogP contribution in [0.2, 0.25) is 5.02 Å². The van der Waals surface area contributed by atoms with E-state index in [4.69, 9.17) is 22.4 Å². The zero-order valence-corrected chi connectivity index (χ0v) is 10.7. The molecule has 5 nitrogen and oxygen atoms in total. The van der Waals surface area contributed by atoms with Gasteiger partial charge < -0.3 is 10.8 Å². The van der Waals surface area contributed by atoms with Crippen LogP contribution in [0.1, 0.15) is 21.7 Å². The van der Waals surface area contributed by atoms with Crippen LogP contribution >= 0.6 is 11.6 Å². The zero-order valence-electron chi connectivity index (χ0n) is 9.94. The molecule has 0 atom stereocenters. The standard InChI is InChI=1S/C12H12ClN3O2/c1-6-11(12(17)18)7(2)16(15-6)8-3-4-10(14)9(13)5-8/h3-5H,14H2,1-2H3,(H,17,18). The predicted octanol–water partition coefficient (Wildman–Crippen LogP) is 2.42. The highest BCUT2D eigenvalue weighted by atomic mass is 35.5. The lowest BCUT2D eigenvalue weighted by atomic mass is 10.2. The number of carboxylic acids is 1. The van der Waals surface area contributed by atoms with Gasteiger partial charge in [0.2, 0.25) is 0 Å². The van der Waals surface area contributed by atoms with Crippen LogP contribution in [-0.4, -0.2) is 20.9 Å². The van der Waals surface area contributed by atoms with Crippen LogP contribution in [-0.2, 0) is 0 Å². The monoisotopic (exact) mass is 265 g/mol. The molecule has 0 saturated carbocycles. The number of hydrogen-bond donors (Lipinski definition) is 2. The fourth-order valence-electron chi connectivity index (χ4n) is 1.85. The molecule has 0 aliphatic rings. The molecule has 2 aromatic rings. The number of aromatic nitrogens is 2. The summed E-state index contributed by atoms with van der Waals surface area (Å²) in [6.07, 6.45) is 0. The Morgan fingerprint density at radius 1 is 1.44 bits per heavy atom. The van der Waals surface area contributed by atoms with Gasteiger partial charge in [0.05, 0.1) is 27.8 Å². The molecule has 2 rings (SSSR count). The van der Waals surface area contributed by atoms with Gasteiger partial charge in [0, 0.05) is 0 Å². The largest absolute Gasteiger partial charge is 0.478 e. The van der Waals surface area contributed by atoms with E-state index in [2.05, 4.69) is 5.10 Å². The smallest absolute Gasteiger partial charge is 0.339 e. The van der Waals surface area contributed by atoms with Gasteiger partial charge in [0.1, 0.15) is 5.56 Å². The first kappa shape index (κ1) is 12.4. The normalized spacial score (nSPS) is 10.6. The number of rotatable bonds is 2. The highest BCUT2D eigenvalue weighted by Crippen LogP contribution is 2.24. The summed E-state index contributed by atoms with van der Waals surface area (Å²) in [5, 5.41) is 13.7. The Kier molecular flexibility index (Phi) is 3.00. The van der Waals surface area contributed by atoms with Crippen molar-refractivity contribution >= 4 is 23.3 Å². The van der Waals surface area contributed by atoms with Gasteiger partial charge in [-0.25, -0.2) is 9.48 Å². The Labute approximate surface area is 109 Å². The van der Waals surface area contributed by atoms with E-state index in [0.717, 1.165) is 0 Å². The highest BCUT2D eigenvalue weighted by Gasteiger charge is 2.18. The Morgan fingerprint density at radius 2 is 2.11 bits per heavy atom. The van der Waals surface area contributed by atoms with Crippen molar-refractivity contribution in [2.45, 2.75) is 13.8 Å². The first-order valence-corrected chi connectivity index (χ1v) is 5.64. The molecule has 0 fully saturated rings.